The molecule has 0 rings (SSSR count). The number of hydrazine groups is 1. The van der Waals surface area contributed by atoms with E-state index in [1.54, 1.807) is 0 Å². The number of nitrogens with one attached hydrogen (secondary N) is 1. The predicted molar refractivity (Wildman–Crippen MR) is 54.8 cm³/mol. The van der Waals surface area contributed by atoms with Crippen LogP contribution < -0.4 is 11.3 Å². The Bertz CT molecular complexity index is 64.2. The van der Waals surface area contributed by atoms with Crippen molar-refractivity contribution >= 4 is 0 Å². The molecule has 12 heavy (non-hydrogen) atoms. The van der Waals surface area contributed by atoms with Crippen molar-refractivity contribution < 1.29 is 0 Å². The first-order chi connectivity index (χ1) is 5.91. The van der Waals surface area contributed by atoms with Gasteiger partial charge in [0.2, 0.25) is 0 Å². The molecule has 0 aromatic heterocycles. The second-order valence-electron chi connectivity index (χ2n) is 3.43. The lowest BCUT2D eigenvalue weighted by molar-refractivity contribution is 0.560. The Labute approximate surface area is 76.9 Å². The molecule has 2 heteroatoms. The summed E-state index contributed by atoms with van der Waals surface area (Å²) in [5.41, 5.74) is 2.68. The van der Waals surface area contributed by atoms with Crippen molar-refractivity contribution in [3.63, 3.8) is 0 Å². The highest BCUT2D eigenvalue weighted by atomic mass is 15.2. The predicted octanol–water partition coefficient (Wildman–Crippen LogP) is 2.59. The molecule has 0 radical (unpaired) electrons. The highest BCUT2D eigenvalue weighted by Crippen LogP contribution is 2.07. The minimum atomic E-state index is 0.967. The molecular weight excluding hydrogens is 148 g/mol. The van der Waals surface area contributed by atoms with Gasteiger partial charge in [-0.2, -0.15) is 0 Å². The quantitative estimate of drug-likeness (QED) is 0.319. The van der Waals surface area contributed by atoms with E-state index in [9.17, 15) is 0 Å². The van der Waals surface area contributed by atoms with E-state index in [-0.39, 0.29) is 0 Å². The fourth-order valence-corrected chi connectivity index (χ4v) is 1.36. The summed E-state index contributed by atoms with van der Waals surface area (Å²) in [6.45, 7) is 3.22. The van der Waals surface area contributed by atoms with E-state index in [1.807, 2.05) is 0 Å². The van der Waals surface area contributed by atoms with Gasteiger partial charge in [-0.1, -0.05) is 51.9 Å². The van der Waals surface area contributed by atoms with Crippen molar-refractivity contribution in [3.8, 4) is 0 Å². The lowest BCUT2D eigenvalue weighted by Gasteiger charge is -2.00. The molecule has 0 aromatic carbocycles. The smallest absolute Gasteiger partial charge is 0.00974 e. The van der Waals surface area contributed by atoms with E-state index in [1.165, 1.54) is 51.4 Å². The highest BCUT2D eigenvalue weighted by Gasteiger charge is 1.89. The maximum atomic E-state index is 5.16. The van der Waals surface area contributed by atoms with Gasteiger partial charge < -0.3 is 0 Å². The number of rotatable bonds is 9. The monoisotopic (exact) mass is 172 g/mol. The van der Waals surface area contributed by atoms with Crippen LogP contribution in [0.5, 0.6) is 0 Å². The Morgan fingerprint density at radius 1 is 0.833 bits per heavy atom. The average molecular weight is 172 g/mol. The summed E-state index contributed by atoms with van der Waals surface area (Å²) < 4.78 is 0. The van der Waals surface area contributed by atoms with E-state index < -0.39 is 0 Å². The molecule has 0 saturated heterocycles. The third kappa shape index (κ3) is 9.92. The van der Waals surface area contributed by atoms with E-state index in [0.717, 1.165) is 6.54 Å². The van der Waals surface area contributed by atoms with Gasteiger partial charge in [0.1, 0.15) is 0 Å². The molecule has 0 aliphatic rings. The zero-order valence-electron chi connectivity index (χ0n) is 8.44. The molecule has 0 atom stereocenters. The molecular formula is C10H24N2. The van der Waals surface area contributed by atoms with Crippen LogP contribution in [0, 0.1) is 0 Å². The fraction of sp³-hybridized carbons (Fsp3) is 1.00. The van der Waals surface area contributed by atoms with E-state index >= 15 is 0 Å². The van der Waals surface area contributed by atoms with Crippen molar-refractivity contribution in [2.24, 2.45) is 5.84 Å². The van der Waals surface area contributed by atoms with Gasteiger partial charge in [-0.3, -0.25) is 11.3 Å². The van der Waals surface area contributed by atoms with Crippen LogP contribution in [-0.2, 0) is 0 Å². The Morgan fingerprint density at radius 3 is 1.83 bits per heavy atom. The van der Waals surface area contributed by atoms with Gasteiger partial charge in [0.25, 0.3) is 0 Å². The first-order valence-electron chi connectivity index (χ1n) is 5.35. The third-order valence-corrected chi connectivity index (χ3v) is 2.17. The number of unbranched alkanes of at least 4 members (excludes halogenated alkanes) is 7. The normalized spacial score (nSPS) is 10.5. The highest BCUT2D eigenvalue weighted by molar-refractivity contribution is 4.46. The van der Waals surface area contributed by atoms with Gasteiger partial charge in [-0.15, -0.1) is 0 Å². The molecule has 0 unspecified atom stereocenters. The van der Waals surface area contributed by atoms with Crippen molar-refractivity contribution in [3.05, 3.63) is 0 Å². The lowest BCUT2D eigenvalue weighted by atomic mass is 10.1. The molecule has 0 bridgehead atoms. The van der Waals surface area contributed by atoms with Gasteiger partial charge in [0, 0.05) is 6.54 Å². The standard InChI is InChI=1S/C10H24N2/c1-2-3-4-5-6-7-8-9-10-12-11/h12H,2-11H2,1H3. The molecule has 0 spiro atoms. The van der Waals surface area contributed by atoms with Crippen LogP contribution in [-0.4, -0.2) is 6.54 Å². The first kappa shape index (κ1) is 11.9. The maximum absolute atomic E-state index is 5.16. The first-order valence-corrected chi connectivity index (χ1v) is 5.35. The minimum Gasteiger partial charge on any atom is -0.271 e. The number of hydrogen-bond donors (Lipinski definition) is 2. The van der Waals surface area contributed by atoms with Crippen LogP contribution in [0.25, 0.3) is 0 Å². The molecule has 3 N–H and O–H groups in total. The largest absolute Gasteiger partial charge is 0.271 e. The van der Waals surface area contributed by atoms with E-state index in [0.29, 0.717) is 0 Å². The second-order valence-corrected chi connectivity index (χ2v) is 3.43. The van der Waals surface area contributed by atoms with Gasteiger partial charge in [0.05, 0.1) is 0 Å². The molecule has 0 aliphatic carbocycles. The van der Waals surface area contributed by atoms with Crippen molar-refractivity contribution in [2.45, 2.75) is 58.3 Å². The Morgan fingerprint density at radius 2 is 1.33 bits per heavy atom. The Hall–Kier alpha value is -0.0800. The molecule has 0 saturated carbocycles. The van der Waals surface area contributed by atoms with Gasteiger partial charge >= 0.3 is 0 Å². The van der Waals surface area contributed by atoms with Crippen LogP contribution in [0.2, 0.25) is 0 Å². The van der Waals surface area contributed by atoms with Crippen LogP contribution >= 0.6 is 0 Å². The Kier molecular flexibility index (Phi) is 10.8. The van der Waals surface area contributed by atoms with Crippen molar-refractivity contribution in [1.29, 1.82) is 0 Å². The van der Waals surface area contributed by atoms with Crippen LogP contribution in [0.4, 0.5) is 0 Å². The summed E-state index contributed by atoms with van der Waals surface area (Å²) >= 11 is 0. The zero-order chi connectivity index (χ0) is 9.07. The molecule has 0 aromatic rings. The van der Waals surface area contributed by atoms with Crippen molar-refractivity contribution in [2.75, 3.05) is 6.54 Å². The average Bonchev–Trinajstić information content (AvgIpc) is 2.10. The zero-order valence-corrected chi connectivity index (χ0v) is 8.44. The van der Waals surface area contributed by atoms with E-state index in [4.69, 9.17) is 5.84 Å². The summed E-state index contributed by atoms with van der Waals surface area (Å²) in [4.78, 5) is 0. The molecule has 74 valence electrons. The molecule has 0 fully saturated rings. The number of nitrogens with two attached hydrogens (primary N) is 1. The summed E-state index contributed by atoms with van der Waals surface area (Å²) in [7, 11) is 0. The van der Waals surface area contributed by atoms with Crippen molar-refractivity contribution in [1.82, 2.24) is 5.43 Å². The van der Waals surface area contributed by atoms with Crippen LogP contribution in [0.1, 0.15) is 58.3 Å². The fourth-order valence-electron chi connectivity index (χ4n) is 1.36. The molecule has 0 aliphatic heterocycles. The number of hydrogen-bond acceptors (Lipinski definition) is 2. The second kappa shape index (κ2) is 10.9. The lowest BCUT2D eigenvalue weighted by Crippen LogP contribution is -2.22. The topological polar surface area (TPSA) is 38.0 Å². The van der Waals surface area contributed by atoms with Crippen LogP contribution in [0.15, 0.2) is 0 Å². The molecule has 0 amide bonds. The van der Waals surface area contributed by atoms with Gasteiger partial charge in [-0.25, -0.2) is 0 Å². The minimum absolute atomic E-state index is 0.967. The van der Waals surface area contributed by atoms with E-state index in [2.05, 4.69) is 12.3 Å². The summed E-state index contributed by atoms with van der Waals surface area (Å²) in [5, 5.41) is 0. The Balaban J connectivity index is 2.73. The SMILES string of the molecule is CCCCCCCCCCNN. The maximum Gasteiger partial charge on any atom is 0.00974 e. The summed E-state index contributed by atoms with van der Waals surface area (Å²) in [6, 6.07) is 0. The summed E-state index contributed by atoms with van der Waals surface area (Å²) in [6.07, 6.45) is 10.9. The molecule has 2 nitrogen and oxygen atoms in total. The van der Waals surface area contributed by atoms with Crippen LogP contribution in [0.3, 0.4) is 0 Å². The van der Waals surface area contributed by atoms with Gasteiger partial charge in [-0.05, 0) is 6.42 Å². The third-order valence-electron chi connectivity index (χ3n) is 2.17. The molecule has 0 heterocycles. The summed E-state index contributed by atoms with van der Waals surface area (Å²) in [5.74, 6) is 5.16. The van der Waals surface area contributed by atoms with Gasteiger partial charge in [0.15, 0.2) is 0 Å².